The van der Waals surface area contributed by atoms with E-state index in [9.17, 15) is 9.59 Å². The average Bonchev–Trinajstić information content (AvgIpc) is 3.25. The Morgan fingerprint density at radius 3 is 2.68 bits per heavy atom. The molecule has 1 fully saturated rings. The maximum atomic E-state index is 12.9. The monoisotopic (exact) mass is 504 g/mol. The highest BCUT2D eigenvalue weighted by Gasteiger charge is 2.41. The van der Waals surface area contributed by atoms with Gasteiger partial charge in [-0.15, -0.1) is 0 Å². The Bertz CT molecular complexity index is 1020. The van der Waals surface area contributed by atoms with Gasteiger partial charge in [0.2, 0.25) is 5.91 Å². The van der Waals surface area contributed by atoms with E-state index in [0.29, 0.717) is 29.3 Å². The second-order valence-corrected chi connectivity index (χ2v) is 9.40. The van der Waals surface area contributed by atoms with Gasteiger partial charge in [0.25, 0.3) is 0 Å². The number of fused-ring (bicyclic) bond motifs is 1. The topological polar surface area (TPSA) is 83.5 Å². The van der Waals surface area contributed by atoms with Crippen molar-refractivity contribution in [3.05, 3.63) is 57.2 Å². The Kier molecular flexibility index (Phi) is 8.31. The molecule has 0 unspecified atom stereocenters. The van der Waals surface area contributed by atoms with E-state index >= 15 is 0 Å². The number of rotatable bonds is 8. The quantitative estimate of drug-likeness (QED) is 0.544. The number of benzene rings is 1. The lowest BCUT2D eigenvalue weighted by Crippen LogP contribution is -2.42. The molecule has 1 aromatic carbocycles. The van der Waals surface area contributed by atoms with Gasteiger partial charge in [0.05, 0.1) is 44.1 Å². The lowest BCUT2D eigenvalue weighted by atomic mass is 9.93. The molecule has 8 nitrogen and oxygen atoms in total. The van der Waals surface area contributed by atoms with Crippen molar-refractivity contribution in [2.24, 2.45) is 4.99 Å². The van der Waals surface area contributed by atoms with Crippen molar-refractivity contribution in [2.75, 3.05) is 46.5 Å². The summed E-state index contributed by atoms with van der Waals surface area (Å²) in [6, 6.07) is 6.95. The zero-order valence-electron chi connectivity index (χ0n) is 19.4. The molecule has 0 saturated carbocycles. The number of methoxy groups -OCH3 is 1. The van der Waals surface area contributed by atoms with Crippen molar-refractivity contribution in [1.82, 2.24) is 15.1 Å². The largest absolute Gasteiger partial charge is 0.466 e. The summed E-state index contributed by atoms with van der Waals surface area (Å²) < 4.78 is 10.5. The molecule has 0 bridgehead atoms. The van der Waals surface area contributed by atoms with E-state index in [0.717, 1.165) is 49.3 Å². The Labute approximate surface area is 209 Å². The molecular formula is C24H29ClN4O4S. The third kappa shape index (κ3) is 5.49. The molecule has 1 amide bonds. The molecular weight excluding hydrogens is 476 g/mol. The fraction of sp³-hybridized carbons (Fsp3) is 0.458. The third-order valence-electron chi connectivity index (χ3n) is 6.01. The van der Waals surface area contributed by atoms with Gasteiger partial charge in [0.1, 0.15) is 0 Å². The molecule has 34 heavy (non-hydrogen) atoms. The highest BCUT2D eigenvalue weighted by molar-refractivity contribution is 8.16. The van der Waals surface area contributed by atoms with Gasteiger partial charge in [-0.2, -0.15) is 0 Å². The average molecular weight is 505 g/mol. The summed E-state index contributed by atoms with van der Waals surface area (Å²) in [6.45, 7) is 6.57. The van der Waals surface area contributed by atoms with Crippen LogP contribution in [0.3, 0.4) is 0 Å². The Morgan fingerprint density at radius 2 is 2.00 bits per heavy atom. The summed E-state index contributed by atoms with van der Waals surface area (Å²) in [7, 11) is 1.37. The van der Waals surface area contributed by atoms with Gasteiger partial charge in [-0.05, 0) is 29.5 Å². The number of allylic oxidation sites excluding steroid dienone is 1. The number of morpholine rings is 1. The van der Waals surface area contributed by atoms with Crippen LogP contribution >= 0.6 is 23.4 Å². The van der Waals surface area contributed by atoms with Gasteiger partial charge in [-0.3, -0.25) is 9.69 Å². The lowest BCUT2D eigenvalue weighted by Gasteiger charge is -2.36. The molecule has 1 N–H and O–H groups in total. The van der Waals surface area contributed by atoms with E-state index in [1.807, 2.05) is 29.4 Å². The van der Waals surface area contributed by atoms with Crippen LogP contribution in [0.25, 0.3) is 0 Å². The zero-order chi connectivity index (χ0) is 24.1. The number of nitrogens with one attached hydrogen (secondary N) is 1. The molecule has 3 heterocycles. The van der Waals surface area contributed by atoms with Crippen molar-refractivity contribution in [1.29, 1.82) is 0 Å². The van der Waals surface area contributed by atoms with Crippen molar-refractivity contribution in [2.45, 2.75) is 25.8 Å². The first-order valence-corrected chi connectivity index (χ1v) is 12.6. The predicted molar refractivity (Wildman–Crippen MR) is 133 cm³/mol. The molecule has 0 radical (unpaired) electrons. The van der Waals surface area contributed by atoms with Crippen LogP contribution in [0.1, 0.15) is 31.4 Å². The Balaban J connectivity index is 1.53. The van der Waals surface area contributed by atoms with Gasteiger partial charge < -0.3 is 19.7 Å². The number of esters is 1. The minimum Gasteiger partial charge on any atom is -0.466 e. The minimum absolute atomic E-state index is 0.0684. The summed E-state index contributed by atoms with van der Waals surface area (Å²) >= 11 is 7.59. The van der Waals surface area contributed by atoms with E-state index in [4.69, 9.17) is 26.1 Å². The van der Waals surface area contributed by atoms with Gasteiger partial charge in [-0.1, -0.05) is 42.4 Å². The Morgan fingerprint density at radius 1 is 1.26 bits per heavy atom. The number of carbonyl (C=O) groups excluding carboxylic acids is 2. The van der Waals surface area contributed by atoms with E-state index < -0.39 is 12.0 Å². The van der Waals surface area contributed by atoms with Crippen molar-refractivity contribution < 1.29 is 19.1 Å². The highest BCUT2D eigenvalue weighted by atomic mass is 35.5. The minimum atomic E-state index is -0.449. The SMILES string of the molecule is CCC1=C(C(=O)OC)[C@@H](c2ccc(Cl)cc2)N2C(CC(=O)NCCN3CCOCC3)=CSC2=N1. The first kappa shape index (κ1) is 24.8. The second kappa shape index (κ2) is 11.4. The van der Waals surface area contributed by atoms with Gasteiger partial charge in [-0.25, -0.2) is 9.79 Å². The molecule has 0 aromatic heterocycles. The molecule has 0 spiro atoms. The van der Waals surface area contributed by atoms with Crippen molar-refractivity contribution in [3.8, 4) is 0 Å². The van der Waals surface area contributed by atoms with E-state index in [2.05, 4.69) is 10.2 Å². The van der Waals surface area contributed by atoms with Gasteiger partial charge >= 0.3 is 5.97 Å². The Hall–Kier alpha value is -2.33. The molecule has 10 heteroatoms. The smallest absolute Gasteiger partial charge is 0.338 e. The number of amides is 1. The molecule has 1 atom stereocenters. The normalized spacial score (nSPS) is 20.6. The maximum absolute atomic E-state index is 12.9. The highest BCUT2D eigenvalue weighted by Crippen LogP contribution is 2.45. The lowest BCUT2D eigenvalue weighted by molar-refractivity contribution is -0.136. The number of aliphatic imine (C=N–C) groups is 1. The van der Waals surface area contributed by atoms with Crippen LogP contribution in [-0.4, -0.2) is 73.3 Å². The second-order valence-electron chi connectivity index (χ2n) is 8.13. The fourth-order valence-corrected chi connectivity index (χ4v) is 5.34. The molecule has 3 aliphatic heterocycles. The summed E-state index contributed by atoms with van der Waals surface area (Å²) in [4.78, 5) is 34.7. The molecule has 3 aliphatic rings. The number of nitrogens with zero attached hydrogens (tertiary/aromatic N) is 3. The number of carbonyl (C=O) groups is 2. The number of thioether (sulfide) groups is 1. The third-order valence-corrected chi connectivity index (χ3v) is 7.15. The van der Waals surface area contributed by atoms with Gasteiger partial charge in [0.15, 0.2) is 5.17 Å². The first-order chi connectivity index (χ1) is 16.5. The number of hydrogen-bond donors (Lipinski definition) is 1. The van der Waals surface area contributed by atoms with E-state index in [1.54, 1.807) is 12.1 Å². The first-order valence-electron chi connectivity index (χ1n) is 11.4. The molecule has 1 saturated heterocycles. The number of hydrogen-bond acceptors (Lipinski definition) is 8. The van der Waals surface area contributed by atoms with Crippen molar-refractivity contribution >= 4 is 40.4 Å². The number of amidine groups is 1. The van der Waals surface area contributed by atoms with Gasteiger partial charge in [0, 0.05) is 36.9 Å². The van der Waals surface area contributed by atoms with Crippen LogP contribution in [0, 0.1) is 0 Å². The maximum Gasteiger partial charge on any atom is 0.338 e. The van der Waals surface area contributed by atoms with Crippen LogP contribution in [0.2, 0.25) is 5.02 Å². The van der Waals surface area contributed by atoms with Crippen molar-refractivity contribution in [3.63, 3.8) is 0 Å². The standard InChI is InChI=1S/C24H29ClN4O4S/c1-3-19-21(23(31)32-2)22(16-4-6-17(25)7-5-16)29-18(15-34-24(29)27-19)14-20(30)26-8-9-28-10-12-33-13-11-28/h4-7,15,22H,3,8-14H2,1-2H3,(H,26,30)/t22-/m1/s1. The van der Waals surface area contributed by atoms with Crippen LogP contribution in [0.15, 0.2) is 51.6 Å². The summed E-state index contributed by atoms with van der Waals surface area (Å²) in [5.41, 5.74) is 2.85. The molecule has 4 rings (SSSR count). The van der Waals surface area contributed by atoms with Crippen LogP contribution in [0.4, 0.5) is 0 Å². The predicted octanol–water partition coefficient (Wildman–Crippen LogP) is 3.32. The molecule has 0 aliphatic carbocycles. The number of halogens is 1. The van der Waals surface area contributed by atoms with Crippen LogP contribution in [-0.2, 0) is 19.1 Å². The fourth-order valence-electron chi connectivity index (χ4n) is 4.28. The summed E-state index contributed by atoms with van der Waals surface area (Å²) in [5.74, 6) is -0.494. The molecule has 1 aromatic rings. The zero-order valence-corrected chi connectivity index (χ0v) is 21.0. The van der Waals surface area contributed by atoms with E-state index in [-0.39, 0.29) is 12.3 Å². The van der Waals surface area contributed by atoms with Crippen LogP contribution < -0.4 is 5.32 Å². The summed E-state index contributed by atoms with van der Waals surface area (Å²) in [5, 5.41) is 6.32. The van der Waals surface area contributed by atoms with E-state index in [1.165, 1.54) is 18.9 Å². The summed E-state index contributed by atoms with van der Waals surface area (Å²) in [6.07, 6.45) is 0.777. The molecule has 182 valence electrons. The number of ether oxygens (including phenoxy) is 2. The van der Waals surface area contributed by atoms with Crippen LogP contribution in [0.5, 0.6) is 0 Å².